The minimum atomic E-state index is -5.53. The minimum absolute atomic E-state index is 0.0330. The van der Waals surface area contributed by atoms with Gasteiger partial charge in [-0.2, -0.15) is 26.3 Å². The maximum Gasteiger partial charge on any atom is 0.406 e. The molecule has 0 bridgehead atoms. The van der Waals surface area contributed by atoms with Crippen LogP contribution in [-0.2, 0) is 20.4 Å². The van der Waals surface area contributed by atoms with Crippen molar-refractivity contribution in [1.82, 2.24) is 9.80 Å². The van der Waals surface area contributed by atoms with Crippen molar-refractivity contribution in [2.75, 3.05) is 26.2 Å². The van der Waals surface area contributed by atoms with Crippen LogP contribution in [0.15, 0.2) is 54.6 Å². The number of amides is 2. The first kappa shape index (κ1) is 29.0. The monoisotopic (exact) mass is 554 g/mol. The van der Waals surface area contributed by atoms with E-state index in [1.165, 1.54) is 19.1 Å². The number of carbonyl (C=O) groups is 2. The summed E-state index contributed by atoms with van der Waals surface area (Å²) in [5, 5.41) is 0. The molecule has 10 heteroatoms. The molecule has 4 rings (SSSR count). The summed E-state index contributed by atoms with van der Waals surface area (Å²) < 4.78 is 81.9. The minimum Gasteiger partial charge on any atom is -0.343 e. The van der Waals surface area contributed by atoms with Crippen LogP contribution >= 0.6 is 0 Å². The van der Waals surface area contributed by atoms with E-state index in [4.69, 9.17) is 0 Å². The van der Waals surface area contributed by atoms with Crippen LogP contribution in [0.1, 0.15) is 56.2 Å². The average Bonchev–Trinajstić information content (AvgIpc) is 3.25. The molecule has 2 aromatic rings. The fourth-order valence-corrected chi connectivity index (χ4v) is 5.98. The van der Waals surface area contributed by atoms with Gasteiger partial charge in [0.15, 0.2) is 5.41 Å². The molecule has 39 heavy (non-hydrogen) atoms. The van der Waals surface area contributed by atoms with Crippen LogP contribution in [0.4, 0.5) is 26.3 Å². The Morgan fingerprint density at radius 3 is 1.87 bits per heavy atom. The Bertz CT molecular complexity index is 1170. The lowest BCUT2D eigenvalue weighted by atomic mass is 9.70. The molecular formula is C29H32F6N2O2. The molecule has 2 heterocycles. The van der Waals surface area contributed by atoms with Gasteiger partial charge >= 0.3 is 12.4 Å². The molecule has 0 saturated carbocycles. The van der Waals surface area contributed by atoms with Gasteiger partial charge < -0.3 is 9.80 Å². The maximum atomic E-state index is 13.6. The standard InChI is InChI=1S/C29H32F6N2O2/c1-19(38)36-15-13-21(14-16-36)25(39)37-17-24(20-7-5-4-6-8-20)26(2,18-37)22-9-11-23(12-10-22)27(3,28(30,31)32)29(33,34)35/h4-12,21,24H,13-18H2,1-3H3/t24-,26+/m1/s1. The maximum absolute atomic E-state index is 13.6. The van der Waals surface area contributed by atoms with Crippen molar-refractivity contribution < 1.29 is 35.9 Å². The Kier molecular flexibility index (Phi) is 7.55. The zero-order valence-corrected chi connectivity index (χ0v) is 22.1. The second-order valence-electron chi connectivity index (χ2n) is 11.1. The summed E-state index contributed by atoms with van der Waals surface area (Å²) >= 11 is 0. The SMILES string of the molecule is CC(=O)N1CCC(C(=O)N2C[C@H](c3ccccc3)[C@](C)(c3ccc(C(C)(C(F)(F)F)C(F)(F)F)cc3)C2)CC1. The van der Waals surface area contributed by atoms with Gasteiger partial charge in [0, 0.05) is 50.4 Å². The van der Waals surface area contributed by atoms with E-state index >= 15 is 0 Å². The third-order valence-corrected chi connectivity index (χ3v) is 8.75. The third kappa shape index (κ3) is 5.14. The zero-order valence-electron chi connectivity index (χ0n) is 22.1. The van der Waals surface area contributed by atoms with Crippen molar-refractivity contribution in [3.05, 3.63) is 71.3 Å². The number of piperidine rings is 1. The van der Waals surface area contributed by atoms with E-state index in [1.807, 2.05) is 37.3 Å². The first-order valence-electron chi connectivity index (χ1n) is 12.9. The molecule has 2 aliphatic rings. The number of halogens is 6. The summed E-state index contributed by atoms with van der Waals surface area (Å²) in [6, 6.07) is 13.9. The molecule has 2 aliphatic heterocycles. The lowest BCUT2D eigenvalue weighted by Gasteiger charge is -2.36. The number of carbonyl (C=O) groups excluding carboxylic acids is 2. The normalized spacial score (nSPS) is 23.3. The smallest absolute Gasteiger partial charge is 0.343 e. The number of likely N-dealkylation sites (tertiary alicyclic amines) is 2. The average molecular weight is 555 g/mol. The van der Waals surface area contributed by atoms with Crippen LogP contribution in [0, 0.1) is 5.92 Å². The van der Waals surface area contributed by atoms with Crippen molar-refractivity contribution in [2.24, 2.45) is 5.92 Å². The van der Waals surface area contributed by atoms with Gasteiger partial charge in [0.05, 0.1) is 0 Å². The van der Waals surface area contributed by atoms with Crippen molar-refractivity contribution in [2.45, 2.75) is 62.7 Å². The van der Waals surface area contributed by atoms with Crippen molar-refractivity contribution >= 4 is 11.8 Å². The molecule has 0 N–H and O–H groups in total. The number of hydrogen-bond acceptors (Lipinski definition) is 2. The molecule has 4 nitrogen and oxygen atoms in total. The van der Waals surface area contributed by atoms with E-state index in [-0.39, 0.29) is 37.1 Å². The molecule has 0 spiro atoms. The van der Waals surface area contributed by atoms with Gasteiger partial charge in [0.2, 0.25) is 11.8 Å². The highest BCUT2D eigenvalue weighted by atomic mass is 19.4. The van der Waals surface area contributed by atoms with Crippen molar-refractivity contribution in [1.29, 1.82) is 0 Å². The predicted molar refractivity (Wildman–Crippen MR) is 134 cm³/mol. The quantitative estimate of drug-likeness (QED) is 0.422. The highest BCUT2D eigenvalue weighted by Crippen LogP contribution is 2.52. The summed E-state index contributed by atoms with van der Waals surface area (Å²) in [6.45, 7) is 5.19. The third-order valence-electron chi connectivity index (χ3n) is 8.75. The van der Waals surface area contributed by atoms with E-state index in [0.29, 0.717) is 38.0 Å². The number of benzene rings is 2. The number of hydrogen-bond donors (Lipinski definition) is 0. The zero-order chi connectivity index (χ0) is 28.8. The highest BCUT2D eigenvalue weighted by Gasteiger charge is 2.68. The van der Waals surface area contributed by atoms with Crippen molar-refractivity contribution in [3.8, 4) is 0 Å². The summed E-state index contributed by atoms with van der Waals surface area (Å²) in [5.74, 6) is -0.543. The molecule has 0 aromatic heterocycles. The van der Waals surface area contributed by atoms with Gasteiger partial charge in [-0.1, -0.05) is 61.5 Å². The topological polar surface area (TPSA) is 40.6 Å². The molecule has 212 valence electrons. The fraction of sp³-hybridized carbons (Fsp3) is 0.517. The molecule has 0 radical (unpaired) electrons. The Morgan fingerprint density at radius 1 is 0.846 bits per heavy atom. The van der Waals surface area contributed by atoms with E-state index in [9.17, 15) is 35.9 Å². The largest absolute Gasteiger partial charge is 0.406 e. The molecule has 2 saturated heterocycles. The Balaban J connectivity index is 1.66. The summed E-state index contributed by atoms with van der Waals surface area (Å²) in [6.07, 6.45) is -9.97. The number of rotatable bonds is 4. The summed E-state index contributed by atoms with van der Waals surface area (Å²) in [4.78, 5) is 28.7. The highest BCUT2D eigenvalue weighted by molar-refractivity contribution is 5.80. The van der Waals surface area contributed by atoms with Crippen LogP contribution in [0.3, 0.4) is 0 Å². The molecule has 0 aliphatic carbocycles. The molecular weight excluding hydrogens is 522 g/mol. The van der Waals surface area contributed by atoms with Crippen LogP contribution in [-0.4, -0.2) is 60.1 Å². The second kappa shape index (κ2) is 10.2. The van der Waals surface area contributed by atoms with Crippen molar-refractivity contribution in [3.63, 3.8) is 0 Å². The van der Waals surface area contributed by atoms with Crippen LogP contribution < -0.4 is 0 Å². The first-order chi connectivity index (χ1) is 18.1. The van der Waals surface area contributed by atoms with Gasteiger partial charge in [0.25, 0.3) is 0 Å². The van der Waals surface area contributed by atoms with Gasteiger partial charge in [-0.3, -0.25) is 9.59 Å². The number of alkyl halides is 6. The van der Waals surface area contributed by atoms with E-state index in [0.717, 1.165) is 17.7 Å². The van der Waals surface area contributed by atoms with Gasteiger partial charge in [0.1, 0.15) is 0 Å². The molecule has 2 atom stereocenters. The number of nitrogens with zero attached hydrogens (tertiary/aromatic N) is 2. The fourth-order valence-electron chi connectivity index (χ4n) is 5.98. The van der Waals surface area contributed by atoms with Crippen LogP contribution in [0.2, 0.25) is 0 Å². The van der Waals surface area contributed by atoms with E-state index in [1.54, 1.807) is 9.80 Å². The van der Waals surface area contributed by atoms with Gasteiger partial charge in [-0.25, -0.2) is 0 Å². The van der Waals surface area contributed by atoms with E-state index in [2.05, 4.69) is 0 Å². The summed E-state index contributed by atoms with van der Waals surface area (Å²) in [7, 11) is 0. The predicted octanol–water partition coefficient (Wildman–Crippen LogP) is 6.21. The lowest BCUT2D eigenvalue weighted by molar-refractivity contribution is -0.297. The lowest BCUT2D eigenvalue weighted by Crippen LogP contribution is -2.51. The van der Waals surface area contributed by atoms with Crippen LogP contribution in [0.25, 0.3) is 0 Å². The molecule has 2 aromatic carbocycles. The van der Waals surface area contributed by atoms with Crippen LogP contribution in [0.5, 0.6) is 0 Å². The molecule has 2 amide bonds. The molecule has 0 unspecified atom stereocenters. The summed E-state index contributed by atoms with van der Waals surface area (Å²) in [5.41, 5.74) is -4.14. The first-order valence-corrected chi connectivity index (χ1v) is 12.9. The Morgan fingerprint density at radius 2 is 1.38 bits per heavy atom. The van der Waals surface area contributed by atoms with Gasteiger partial charge in [-0.15, -0.1) is 0 Å². The Hall–Kier alpha value is -3.04. The Labute approximate surface area is 224 Å². The van der Waals surface area contributed by atoms with Gasteiger partial charge in [-0.05, 0) is 36.5 Å². The second-order valence-corrected chi connectivity index (χ2v) is 11.1. The van der Waals surface area contributed by atoms with E-state index < -0.39 is 28.7 Å². The molecule has 2 fully saturated rings.